The van der Waals surface area contributed by atoms with E-state index in [1.165, 1.54) is 0 Å². The molecule has 1 unspecified atom stereocenters. The maximum absolute atomic E-state index is 12.7. The van der Waals surface area contributed by atoms with Gasteiger partial charge >= 0.3 is 6.03 Å². The number of furan rings is 1. The number of hydrazone groups is 1. The molecule has 0 aliphatic carbocycles. The molecule has 0 spiro atoms. The number of carbonyl (C=O) groups excluding carboxylic acids is 1. The minimum absolute atomic E-state index is 0.0530. The summed E-state index contributed by atoms with van der Waals surface area (Å²) in [4.78, 5) is 14.5. The fourth-order valence-electron chi connectivity index (χ4n) is 2.64. The van der Waals surface area contributed by atoms with Crippen molar-refractivity contribution in [2.24, 2.45) is 5.10 Å². The molecule has 3 rings (SSSR count). The minimum atomic E-state index is -0.0561. The number of carbonyl (C=O) groups is 1. The summed E-state index contributed by atoms with van der Waals surface area (Å²) >= 11 is 1.63. The Balaban J connectivity index is 1.92. The van der Waals surface area contributed by atoms with E-state index in [-0.39, 0.29) is 12.1 Å². The molecule has 0 aromatic carbocycles. The van der Waals surface area contributed by atoms with Crippen LogP contribution in [0.5, 0.6) is 0 Å². The Morgan fingerprint density at radius 3 is 2.86 bits per heavy atom. The lowest BCUT2D eigenvalue weighted by Crippen LogP contribution is -2.40. The van der Waals surface area contributed by atoms with E-state index in [4.69, 9.17) is 4.42 Å². The zero-order valence-electron chi connectivity index (χ0n) is 12.7. The van der Waals surface area contributed by atoms with Crippen molar-refractivity contribution in [3.63, 3.8) is 0 Å². The summed E-state index contributed by atoms with van der Waals surface area (Å²) in [7, 11) is 0. The van der Waals surface area contributed by atoms with E-state index >= 15 is 0 Å². The molecule has 2 aromatic heterocycles. The molecule has 22 heavy (non-hydrogen) atoms. The van der Waals surface area contributed by atoms with Crippen LogP contribution in [0, 0.1) is 0 Å². The van der Waals surface area contributed by atoms with Crippen molar-refractivity contribution in [1.29, 1.82) is 0 Å². The van der Waals surface area contributed by atoms with Gasteiger partial charge < -0.3 is 9.32 Å². The number of hydrogen-bond donors (Lipinski definition) is 0. The van der Waals surface area contributed by atoms with Crippen LogP contribution in [-0.2, 0) is 0 Å². The first-order valence-electron chi connectivity index (χ1n) is 7.46. The molecule has 1 aliphatic heterocycles. The summed E-state index contributed by atoms with van der Waals surface area (Å²) in [5.74, 6) is 0.732. The predicted octanol–water partition coefficient (Wildman–Crippen LogP) is 3.95. The van der Waals surface area contributed by atoms with Crippen molar-refractivity contribution >= 4 is 23.1 Å². The summed E-state index contributed by atoms with van der Waals surface area (Å²) in [5, 5.41) is 10.3. The maximum Gasteiger partial charge on any atom is 0.341 e. The summed E-state index contributed by atoms with van der Waals surface area (Å²) in [6, 6.07) is 5.67. The smallest absolute Gasteiger partial charge is 0.341 e. The number of hydrogen-bond acceptors (Lipinski definition) is 4. The van der Waals surface area contributed by atoms with Gasteiger partial charge in [-0.2, -0.15) is 16.4 Å². The summed E-state index contributed by atoms with van der Waals surface area (Å²) in [6.07, 6.45) is 2.31. The van der Waals surface area contributed by atoms with E-state index in [0.29, 0.717) is 19.5 Å². The monoisotopic (exact) mass is 317 g/mol. The first kappa shape index (κ1) is 14.8. The standard InChI is InChI=1S/C16H19N3O2S/c1-3-18(4-2)16(20)19-14(12-7-9-22-11-12)10-13(17-19)15-6-5-8-21-15/h5-9,11,14H,3-4,10H2,1-2H3. The van der Waals surface area contributed by atoms with Crippen LogP contribution < -0.4 is 0 Å². The number of nitrogens with zero attached hydrogens (tertiary/aromatic N) is 3. The third-order valence-electron chi connectivity index (χ3n) is 3.87. The van der Waals surface area contributed by atoms with Gasteiger partial charge in [0.25, 0.3) is 0 Å². The van der Waals surface area contributed by atoms with Crippen molar-refractivity contribution in [2.75, 3.05) is 13.1 Å². The second kappa shape index (κ2) is 6.36. The molecular weight excluding hydrogens is 298 g/mol. The molecule has 0 N–H and O–H groups in total. The van der Waals surface area contributed by atoms with Crippen LogP contribution in [0.25, 0.3) is 0 Å². The normalized spacial score (nSPS) is 17.6. The Labute approximate surface area is 133 Å². The zero-order chi connectivity index (χ0) is 15.5. The summed E-state index contributed by atoms with van der Waals surface area (Å²) in [6.45, 7) is 5.31. The quantitative estimate of drug-likeness (QED) is 0.857. The van der Waals surface area contributed by atoms with Gasteiger partial charge in [0.2, 0.25) is 0 Å². The highest BCUT2D eigenvalue weighted by molar-refractivity contribution is 7.08. The molecule has 0 radical (unpaired) electrons. The number of urea groups is 1. The fourth-order valence-corrected chi connectivity index (χ4v) is 3.35. The topological polar surface area (TPSA) is 49.1 Å². The molecular formula is C16H19N3O2S. The largest absolute Gasteiger partial charge is 0.463 e. The third kappa shape index (κ3) is 2.66. The SMILES string of the molecule is CCN(CC)C(=O)N1N=C(c2ccco2)CC1c1ccsc1. The van der Waals surface area contributed by atoms with Crippen LogP contribution >= 0.6 is 11.3 Å². The van der Waals surface area contributed by atoms with E-state index in [1.807, 2.05) is 31.4 Å². The van der Waals surface area contributed by atoms with Gasteiger partial charge in [0.1, 0.15) is 11.5 Å². The Morgan fingerprint density at radius 2 is 2.27 bits per heavy atom. The van der Waals surface area contributed by atoms with Gasteiger partial charge in [0.05, 0.1) is 12.3 Å². The lowest BCUT2D eigenvalue weighted by atomic mass is 10.0. The van der Waals surface area contributed by atoms with Crippen molar-refractivity contribution in [2.45, 2.75) is 26.3 Å². The molecule has 0 saturated carbocycles. The molecule has 5 nitrogen and oxygen atoms in total. The molecule has 0 saturated heterocycles. The molecule has 2 aromatic rings. The third-order valence-corrected chi connectivity index (χ3v) is 4.58. The highest BCUT2D eigenvalue weighted by Gasteiger charge is 2.35. The summed E-state index contributed by atoms with van der Waals surface area (Å²) < 4.78 is 5.44. The Hall–Kier alpha value is -2.08. The first-order valence-corrected chi connectivity index (χ1v) is 8.40. The van der Waals surface area contributed by atoms with E-state index < -0.39 is 0 Å². The fraction of sp³-hybridized carbons (Fsp3) is 0.375. The van der Waals surface area contributed by atoms with Crippen LogP contribution in [0.1, 0.15) is 37.6 Å². The number of rotatable bonds is 4. The van der Waals surface area contributed by atoms with Crippen molar-refractivity contribution in [3.05, 3.63) is 46.5 Å². The van der Waals surface area contributed by atoms with Gasteiger partial charge in [-0.3, -0.25) is 0 Å². The van der Waals surface area contributed by atoms with Crippen molar-refractivity contribution < 1.29 is 9.21 Å². The lowest BCUT2D eigenvalue weighted by Gasteiger charge is -2.27. The lowest BCUT2D eigenvalue weighted by molar-refractivity contribution is 0.146. The van der Waals surface area contributed by atoms with Crippen LogP contribution in [-0.4, -0.2) is 34.7 Å². The van der Waals surface area contributed by atoms with Crippen LogP contribution in [0.4, 0.5) is 4.79 Å². The molecule has 1 atom stereocenters. The first-order chi connectivity index (χ1) is 10.7. The van der Waals surface area contributed by atoms with Crippen molar-refractivity contribution in [3.8, 4) is 0 Å². The van der Waals surface area contributed by atoms with Crippen LogP contribution in [0.2, 0.25) is 0 Å². The van der Waals surface area contributed by atoms with Gasteiger partial charge in [0, 0.05) is 19.5 Å². The average Bonchev–Trinajstić information content (AvgIpc) is 3.27. The predicted molar refractivity (Wildman–Crippen MR) is 87.1 cm³/mol. The molecule has 0 bridgehead atoms. The van der Waals surface area contributed by atoms with E-state index in [0.717, 1.165) is 17.0 Å². The van der Waals surface area contributed by atoms with E-state index in [2.05, 4.69) is 16.5 Å². The van der Waals surface area contributed by atoms with E-state index in [9.17, 15) is 4.79 Å². The average molecular weight is 317 g/mol. The van der Waals surface area contributed by atoms with Crippen LogP contribution in [0.3, 0.4) is 0 Å². The Bertz CT molecular complexity index is 645. The molecule has 3 heterocycles. The molecule has 0 fully saturated rings. The van der Waals surface area contributed by atoms with Gasteiger partial charge in [-0.25, -0.2) is 9.80 Å². The Morgan fingerprint density at radius 1 is 1.45 bits per heavy atom. The van der Waals surface area contributed by atoms with Crippen molar-refractivity contribution in [1.82, 2.24) is 9.91 Å². The zero-order valence-corrected chi connectivity index (χ0v) is 13.5. The minimum Gasteiger partial charge on any atom is -0.463 e. The number of amides is 2. The van der Waals surface area contributed by atoms with Crippen LogP contribution in [0.15, 0.2) is 44.7 Å². The van der Waals surface area contributed by atoms with Gasteiger partial charge in [-0.1, -0.05) is 0 Å². The van der Waals surface area contributed by atoms with Gasteiger partial charge in [0.15, 0.2) is 0 Å². The highest BCUT2D eigenvalue weighted by atomic mass is 32.1. The molecule has 116 valence electrons. The van der Waals surface area contributed by atoms with E-state index in [1.54, 1.807) is 27.5 Å². The highest BCUT2D eigenvalue weighted by Crippen LogP contribution is 2.34. The molecule has 6 heteroatoms. The Kier molecular flexibility index (Phi) is 4.29. The number of thiophene rings is 1. The molecule has 1 aliphatic rings. The summed E-state index contributed by atoms with van der Waals surface area (Å²) in [5.41, 5.74) is 1.94. The van der Waals surface area contributed by atoms with Gasteiger partial charge in [-0.15, -0.1) is 0 Å². The van der Waals surface area contributed by atoms with Gasteiger partial charge in [-0.05, 0) is 48.4 Å². The second-order valence-electron chi connectivity index (χ2n) is 5.10. The second-order valence-corrected chi connectivity index (χ2v) is 5.88. The maximum atomic E-state index is 12.7. The molecule has 2 amide bonds.